The van der Waals surface area contributed by atoms with Crippen LogP contribution in [-0.4, -0.2) is 4.98 Å². The Balaban J connectivity index is 2.35. The molecule has 70 valence electrons. The molecule has 1 heterocycles. The van der Waals surface area contributed by atoms with Gasteiger partial charge in [-0.05, 0) is 30.5 Å². The lowest BCUT2D eigenvalue weighted by molar-refractivity contribution is 1.43. The quantitative estimate of drug-likeness (QED) is 0.682. The number of aromatic nitrogens is 1. The Morgan fingerprint density at radius 2 is 2.00 bits per heavy atom. The van der Waals surface area contributed by atoms with Crippen molar-refractivity contribution in [3.8, 4) is 0 Å². The molecule has 0 radical (unpaired) electrons. The smallest absolute Gasteiger partial charge is 0.0458 e. The third-order valence-electron chi connectivity index (χ3n) is 2.13. The third-order valence-corrected chi connectivity index (χ3v) is 2.13. The van der Waals surface area contributed by atoms with Crippen molar-refractivity contribution < 1.29 is 0 Å². The van der Waals surface area contributed by atoms with Gasteiger partial charge in [0.25, 0.3) is 0 Å². The van der Waals surface area contributed by atoms with Gasteiger partial charge in [-0.3, -0.25) is 0 Å². The highest BCUT2D eigenvalue weighted by atomic mass is 14.7. The third kappa shape index (κ3) is 1.77. The summed E-state index contributed by atoms with van der Waals surface area (Å²) in [6.07, 6.45) is 8.13. The topological polar surface area (TPSA) is 15.8 Å². The molecule has 1 aromatic heterocycles. The lowest BCUT2D eigenvalue weighted by Crippen LogP contribution is -1.67. The molecule has 1 nitrogen and oxygen atoms in total. The highest BCUT2D eigenvalue weighted by Gasteiger charge is 1.94. The van der Waals surface area contributed by atoms with Crippen LogP contribution in [0.4, 0.5) is 0 Å². The number of fused-ring (bicyclic) bond motifs is 1. The van der Waals surface area contributed by atoms with E-state index in [1.165, 1.54) is 10.9 Å². The lowest BCUT2D eigenvalue weighted by Gasteiger charge is -1.84. The predicted octanol–water partition coefficient (Wildman–Crippen LogP) is 3.76. The van der Waals surface area contributed by atoms with Crippen LogP contribution in [0.1, 0.15) is 12.6 Å². The summed E-state index contributed by atoms with van der Waals surface area (Å²) in [4.78, 5) is 3.33. The number of para-hydroxylation sites is 1. The number of H-pyrrole nitrogens is 1. The first-order chi connectivity index (χ1) is 6.90. The molecular formula is C13H13N. The average Bonchev–Trinajstić information content (AvgIpc) is 2.60. The Morgan fingerprint density at radius 1 is 1.14 bits per heavy atom. The molecule has 0 amide bonds. The molecule has 0 aliphatic heterocycles. The van der Waals surface area contributed by atoms with Crippen molar-refractivity contribution in [2.45, 2.75) is 6.92 Å². The summed E-state index contributed by atoms with van der Waals surface area (Å²) >= 11 is 0. The van der Waals surface area contributed by atoms with Gasteiger partial charge < -0.3 is 4.98 Å². The maximum Gasteiger partial charge on any atom is 0.0458 e. The van der Waals surface area contributed by atoms with Crippen molar-refractivity contribution in [3.63, 3.8) is 0 Å². The van der Waals surface area contributed by atoms with Gasteiger partial charge in [0.05, 0.1) is 0 Å². The molecular weight excluding hydrogens is 170 g/mol. The van der Waals surface area contributed by atoms with E-state index in [0.29, 0.717) is 0 Å². The minimum Gasteiger partial charge on any atom is -0.355 e. The van der Waals surface area contributed by atoms with Crippen molar-refractivity contribution in [3.05, 3.63) is 54.3 Å². The van der Waals surface area contributed by atoms with Crippen LogP contribution in [0, 0.1) is 0 Å². The zero-order chi connectivity index (χ0) is 9.80. The van der Waals surface area contributed by atoms with Gasteiger partial charge in [0.15, 0.2) is 0 Å². The Kier molecular flexibility index (Phi) is 2.50. The first-order valence-electron chi connectivity index (χ1n) is 4.77. The zero-order valence-electron chi connectivity index (χ0n) is 8.20. The van der Waals surface area contributed by atoms with E-state index in [-0.39, 0.29) is 0 Å². The molecule has 2 aromatic rings. The highest BCUT2D eigenvalue weighted by Crippen LogP contribution is 2.15. The normalized spacial score (nSPS) is 12.1. The molecule has 1 heteroatoms. The summed E-state index contributed by atoms with van der Waals surface area (Å²) in [6.45, 7) is 2.01. The first-order valence-corrected chi connectivity index (χ1v) is 4.77. The van der Waals surface area contributed by atoms with E-state index in [4.69, 9.17) is 0 Å². The molecule has 0 saturated heterocycles. The standard InChI is InChI=1S/C13H13N/c1-2-3-4-8-12-10-11-7-5-6-9-13(11)14-12/h2-10,14H,1H3. The maximum absolute atomic E-state index is 3.33. The lowest BCUT2D eigenvalue weighted by atomic mass is 10.2. The number of hydrogen-bond acceptors (Lipinski definition) is 0. The second-order valence-corrected chi connectivity index (χ2v) is 3.20. The van der Waals surface area contributed by atoms with Crippen LogP contribution < -0.4 is 0 Å². The van der Waals surface area contributed by atoms with Crippen molar-refractivity contribution >= 4 is 17.0 Å². The van der Waals surface area contributed by atoms with Crippen LogP contribution in [-0.2, 0) is 0 Å². The van der Waals surface area contributed by atoms with Crippen LogP contribution in [0.15, 0.2) is 48.6 Å². The minimum absolute atomic E-state index is 1.14. The fourth-order valence-corrected chi connectivity index (χ4v) is 1.46. The Hall–Kier alpha value is -1.76. The largest absolute Gasteiger partial charge is 0.355 e. The number of rotatable bonds is 2. The van der Waals surface area contributed by atoms with E-state index in [0.717, 1.165) is 5.69 Å². The van der Waals surface area contributed by atoms with Gasteiger partial charge in [-0.15, -0.1) is 0 Å². The van der Waals surface area contributed by atoms with Crippen molar-refractivity contribution in [1.29, 1.82) is 0 Å². The number of nitrogens with one attached hydrogen (secondary N) is 1. The summed E-state index contributed by atoms with van der Waals surface area (Å²) in [6, 6.07) is 10.4. The van der Waals surface area contributed by atoms with Crippen LogP contribution >= 0.6 is 0 Å². The van der Waals surface area contributed by atoms with Gasteiger partial charge in [0, 0.05) is 11.2 Å². The molecule has 2 rings (SSSR count). The van der Waals surface area contributed by atoms with Crippen molar-refractivity contribution in [1.82, 2.24) is 4.98 Å². The molecule has 0 bridgehead atoms. The van der Waals surface area contributed by atoms with Gasteiger partial charge in [0.1, 0.15) is 0 Å². The Morgan fingerprint density at radius 3 is 2.79 bits per heavy atom. The number of allylic oxidation sites excluding steroid dienone is 3. The van der Waals surface area contributed by atoms with Crippen LogP contribution in [0.25, 0.3) is 17.0 Å². The summed E-state index contributed by atoms with van der Waals surface area (Å²) in [5, 5.41) is 1.26. The summed E-state index contributed by atoms with van der Waals surface area (Å²) in [5.74, 6) is 0. The second-order valence-electron chi connectivity index (χ2n) is 3.20. The van der Waals surface area contributed by atoms with Gasteiger partial charge in [-0.1, -0.05) is 36.4 Å². The van der Waals surface area contributed by atoms with Gasteiger partial charge in [0.2, 0.25) is 0 Å². The van der Waals surface area contributed by atoms with Crippen LogP contribution in [0.2, 0.25) is 0 Å². The number of hydrogen-bond donors (Lipinski definition) is 1. The SMILES string of the molecule is CC=CC=Cc1cc2ccccc2[nH]1. The van der Waals surface area contributed by atoms with E-state index in [1.807, 2.05) is 31.2 Å². The van der Waals surface area contributed by atoms with E-state index in [2.05, 4.69) is 35.3 Å². The maximum atomic E-state index is 3.33. The van der Waals surface area contributed by atoms with Gasteiger partial charge in [-0.2, -0.15) is 0 Å². The fourth-order valence-electron chi connectivity index (χ4n) is 1.46. The second kappa shape index (κ2) is 3.97. The number of aromatic amines is 1. The fraction of sp³-hybridized carbons (Fsp3) is 0.0769. The average molecular weight is 183 g/mol. The molecule has 0 unspecified atom stereocenters. The Labute approximate surface area is 83.8 Å². The zero-order valence-corrected chi connectivity index (χ0v) is 8.20. The molecule has 1 aromatic carbocycles. The molecule has 0 saturated carbocycles. The van der Waals surface area contributed by atoms with Crippen molar-refractivity contribution in [2.75, 3.05) is 0 Å². The first kappa shape index (κ1) is 8.82. The molecule has 0 aliphatic carbocycles. The summed E-state index contributed by atoms with van der Waals surface area (Å²) < 4.78 is 0. The molecule has 14 heavy (non-hydrogen) atoms. The van der Waals surface area contributed by atoms with Crippen molar-refractivity contribution in [2.24, 2.45) is 0 Å². The van der Waals surface area contributed by atoms with E-state index >= 15 is 0 Å². The monoisotopic (exact) mass is 183 g/mol. The van der Waals surface area contributed by atoms with Crippen LogP contribution in [0.5, 0.6) is 0 Å². The predicted molar refractivity (Wildman–Crippen MR) is 62.1 cm³/mol. The summed E-state index contributed by atoms with van der Waals surface area (Å²) in [5.41, 5.74) is 2.33. The molecule has 0 fully saturated rings. The number of benzene rings is 1. The molecule has 0 atom stereocenters. The Bertz CT molecular complexity index is 442. The molecule has 1 N–H and O–H groups in total. The van der Waals surface area contributed by atoms with E-state index in [9.17, 15) is 0 Å². The van der Waals surface area contributed by atoms with Gasteiger partial charge >= 0.3 is 0 Å². The van der Waals surface area contributed by atoms with Gasteiger partial charge in [-0.25, -0.2) is 0 Å². The van der Waals surface area contributed by atoms with E-state index < -0.39 is 0 Å². The minimum atomic E-state index is 1.14. The van der Waals surface area contributed by atoms with E-state index in [1.54, 1.807) is 0 Å². The molecule has 0 spiro atoms. The highest BCUT2D eigenvalue weighted by molar-refractivity contribution is 5.82. The molecule has 0 aliphatic rings. The summed E-state index contributed by atoms with van der Waals surface area (Å²) in [7, 11) is 0. The van der Waals surface area contributed by atoms with Crippen LogP contribution in [0.3, 0.4) is 0 Å².